The van der Waals surface area contributed by atoms with Crippen molar-refractivity contribution in [1.82, 2.24) is 0 Å². The molecule has 0 rings (SSSR count). The van der Waals surface area contributed by atoms with E-state index >= 15 is 0 Å². The molecule has 0 aliphatic rings. The van der Waals surface area contributed by atoms with Gasteiger partial charge in [0, 0.05) is 0 Å². The first-order chi connectivity index (χ1) is 11.8. The molecule has 2 N–H and O–H groups in total. The van der Waals surface area contributed by atoms with Crippen molar-refractivity contribution in [2.45, 2.75) is 122 Å². The van der Waals surface area contributed by atoms with Crippen LogP contribution in [-0.2, 0) is 4.52 Å². The second-order valence-electron chi connectivity index (χ2n) is 7.10. The van der Waals surface area contributed by atoms with E-state index in [-0.39, 0.29) is 0 Å². The summed E-state index contributed by atoms with van der Waals surface area (Å²) in [5.74, 6) is 0. The van der Waals surface area contributed by atoms with Crippen LogP contribution in [0.3, 0.4) is 0 Å². The standard InChI is InChI=1S/C20H43O3P/c1-2-3-4-5-6-7-8-9-10-11-12-13-14-15-16-17-18-19-20-23-24(21)22/h21-22H,2-20H2,1H3. The molecular formula is C20H43O3P. The minimum absolute atomic E-state index is 0.484. The van der Waals surface area contributed by atoms with Crippen LogP contribution in [0.5, 0.6) is 0 Å². The van der Waals surface area contributed by atoms with Crippen molar-refractivity contribution in [3.63, 3.8) is 0 Å². The highest BCUT2D eigenvalue weighted by atomic mass is 31.2. The topological polar surface area (TPSA) is 49.7 Å². The quantitative estimate of drug-likeness (QED) is 0.177. The molecule has 24 heavy (non-hydrogen) atoms. The summed E-state index contributed by atoms with van der Waals surface area (Å²) in [6.45, 7) is 2.77. The van der Waals surface area contributed by atoms with E-state index in [4.69, 9.17) is 14.3 Å². The van der Waals surface area contributed by atoms with E-state index in [1.54, 1.807) is 0 Å². The van der Waals surface area contributed by atoms with Gasteiger partial charge in [0.1, 0.15) is 0 Å². The third-order valence-corrected chi connectivity index (χ3v) is 5.12. The molecule has 3 nitrogen and oxygen atoms in total. The van der Waals surface area contributed by atoms with Crippen LogP contribution in [0.1, 0.15) is 122 Å². The first kappa shape index (κ1) is 24.3. The van der Waals surface area contributed by atoms with Crippen molar-refractivity contribution in [3.8, 4) is 0 Å². The summed E-state index contributed by atoms with van der Waals surface area (Å²) in [6, 6.07) is 0. The molecule has 0 bridgehead atoms. The Balaban J connectivity index is 2.95. The van der Waals surface area contributed by atoms with Crippen LogP contribution < -0.4 is 0 Å². The lowest BCUT2D eigenvalue weighted by molar-refractivity contribution is 0.248. The lowest BCUT2D eigenvalue weighted by atomic mass is 10.0. The number of unbranched alkanes of at least 4 members (excludes halogenated alkanes) is 17. The van der Waals surface area contributed by atoms with Crippen LogP contribution in [0.2, 0.25) is 0 Å². The Morgan fingerprint density at radius 1 is 0.500 bits per heavy atom. The number of hydrogen-bond donors (Lipinski definition) is 2. The lowest BCUT2D eigenvalue weighted by Crippen LogP contribution is -1.89. The van der Waals surface area contributed by atoms with Gasteiger partial charge in [0.2, 0.25) is 0 Å². The zero-order valence-electron chi connectivity index (χ0n) is 16.2. The Labute approximate surface area is 152 Å². The Hall–Kier alpha value is 0.310. The van der Waals surface area contributed by atoms with E-state index < -0.39 is 8.60 Å². The van der Waals surface area contributed by atoms with Crippen LogP contribution in [0.4, 0.5) is 0 Å². The molecule has 0 atom stereocenters. The largest absolute Gasteiger partial charge is 0.328 e. The van der Waals surface area contributed by atoms with Gasteiger partial charge in [-0.15, -0.1) is 0 Å². The molecule has 0 heterocycles. The maximum Gasteiger partial charge on any atom is 0.327 e. The average Bonchev–Trinajstić information content (AvgIpc) is 2.56. The summed E-state index contributed by atoms with van der Waals surface area (Å²) in [4.78, 5) is 17.2. The van der Waals surface area contributed by atoms with E-state index in [1.807, 2.05) is 0 Å². The monoisotopic (exact) mass is 362 g/mol. The summed E-state index contributed by atoms with van der Waals surface area (Å²) in [5.41, 5.74) is 0. The predicted molar refractivity (Wildman–Crippen MR) is 106 cm³/mol. The fraction of sp³-hybridized carbons (Fsp3) is 1.00. The zero-order chi connectivity index (χ0) is 17.7. The Morgan fingerprint density at radius 3 is 1.08 bits per heavy atom. The molecule has 0 aromatic carbocycles. The van der Waals surface area contributed by atoms with Crippen LogP contribution >= 0.6 is 8.60 Å². The molecule has 0 aromatic heterocycles. The normalized spacial score (nSPS) is 11.5. The van der Waals surface area contributed by atoms with Crippen molar-refractivity contribution in [1.29, 1.82) is 0 Å². The van der Waals surface area contributed by atoms with Crippen LogP contribution in [-0.4, -0.2) is 16.4 Å². The van der Waals surface area contributed by atoms with E-state index in [0.717, 1.165) is 12.8 Å². The van der Waals surface area contributed by atoms with Crippen molar-refractivity contribution >= 4 is 8.60 Å². The molecule has 0 saturated carbocycles. The molecule has 0 unspecified atom stereocenters. The van der Waals surface area contributed by atoms with Gasteiger partial charge in [-0.3, -0.25) is 0 Å². The lowest BCUT2D eigenvalue weighted by Gasteiger charge is -2.04. The summed E-state index contributed by atoms with van der Waals surface area (Å²) in [5, 5.41) is 0. The van der Waals surface area contributed by atoms with Gasteiger partial charge in [-0.1, -0.05) is 116 Å². The summed E-state index contributed by atoms with van der Waals surface area (Å²) < 4.78 is 4.75. The van der Waals surface area contributed by atoms with Gasteiger partial charge in [-0.2, -0.15) is 0 Å². The molecule has 0 aliphatic heterocycles. The van der Waals surface area contributed by atoms with Gasteiger partial charge in [0.05, 0.1) is 6.61 Å². The molecular weight excluding hydrogens is 319 g/mol. The van der Waals surface area contributed by atoms with Gasteiger partial charge < -0.3 is 14.3 Å². The third kappa shape index (κ3) is 22.3. The highest BCUT2D eigenvalue weighted by molar-refractivity contribution is 7.39. The summed E-state index contributed by atoms with van der Waals surface area (Å²) >= 11 is 0. The average molecular weight is 363 g/mol. The minimum atomic E-state index is -2.15. The second kappa shape index (κ2) is 21.4. The molecule has 0 saturated heterocycles. The van der Waals surface area contributed by atoms with E-state index in [0.29, 0.717) is 6.61 Å². The Bertz CT molecular complexity index is 225. The first-order valence-corrected chi connectivity index (χ1v) is 11.7. The predicted octanol–water partition coefficient (Wildman–Crippen LogP) is 7.26. The summed E-state index contributed by atoms with van der Waals surface area (Å²) in [7, 11) is -2.15. The molecule has 0 aliphatic carbocycles. The van der Waals surface area contributed by atoms with Gasteiger partial charge in [-0.25, -0.2) is 0 Å². The van der Waals surface area contributed by atoms with Crippen molar-refractivity contribution in [2.75, 3.05) is 6.61 Å². The highest BCUT2D eigenvalue weighted by Crippen LogP contribution is 2.24. The number of hydrogen-bond acceptors (Lipinski definition) is 3. The SMILES string of the molecule is CCCCCCCCCCCCCCCCCCCCOP(O)O. The Morgan fingerprint density at radius 2 is 0.792 bits per heavy atom. The fourth-order valence-electron chi connectivity index (χ4n) is 3.15. The maximum atomic E-state index is 8.59. The van der Waals surface area contributed by atoms with Crippen LogP contribution in [0, 0.1) is 0 Å². The molecule has 0 radical (unpaired) electrons. The van der Waals surface area contributed by atoms with Crippen LogP contribution in [0.25, 0.3) is 0 Å². The Kier molecular flexibility index (Phi) is 21.6. The maximum absolute atomic E-state index is 8.59. The van der Waals surface area contributed by atoms with Crippen molar-refractivity contribution in [3.05, 3.63) is 0 Å². The molecule has 0 aromatic rings. The van der Waals surface area contributed by atoms with Crippen molar-refractivity contribution < 1.29 is 14.3 Å². The molecule has 0 fully saturated rings. The number of rotatable bonds is 20. The first-order valence-electron chi connectivity index (χ1n) is 10.6. The second-order valence-corrected chi connectivity index (χ2v) is 7.86. The van der Waals surface area contributed by atoms with Crippen molar-refractivity contribution in [2.24, 2.45) is 0 Å². The molecule has 0 spiro atoms. The fourth-order valence-corrected chi connectivity index (χ4v) is 3.44. The van der Waals surface area contributed by atoms with Gasteiger partial charge in [0.25, 0.3) is 0 Å². The van der Waals surface area contributed by atoms with E-state index in [1.165, 1.54) is 103 Å². The highest BCUT2D eigenvalue weighted by Gasteiger charge is 1.98. The van der Waals surface area contributed by atoms with Gasteiger partial charge in [0.15, 0.2) is 0 Å². The van der Waals surface area contributed by atoms with E-state index in [2.05, 4.69) is 6.92 Å². The smallest absolute Gasteiger partial charge is 0.327 e. The van der Waals surface area contributed by atoms with Gasteiger partial charge >= 0.3 is 8.60 Å². The summed E-state index contributed by atoms with van der Waals surface area (Å²) in [6.07, 6.45) is 24.5. The molecule has 146 valence electrons. The van der Waals surface area contributed by atoms with E-state index in [9.17, 15) is 0 Å². The molecule has 4 heteroatoms. The van der Waals surface area contributed by atoms with Gasteiger partial charge in [-0.05, 0) is 6.42 Å². The van der Waals surface area contributed by atoms with Crippen LogP contribution in [0.15, 0.2) is 0 Å². The minimum Gasteiger partial charge on any atom is -0.328 e. The molecule has 0 amide bonds. The zero-order valence-corrected chi connectivity index (χ0v) is 17.1. The third-order valence-electron chi connectivity index (χ3n) is 4.70.